The molecule has 1 aromatic carbocycles. The molecule has 1 aliphatic rings. The Kier molecular flexibility index (Phi) is 8.49. The number of aliphatic carboxylic acids is 1. The first kappa shape index (κ1) is 25.1. The van der Waals surface area contributed by atoms with Crippen molar-refractivity contribution in [3.63, 3.8) is 0 Å². The van der Waals surface area contributed by atoms with Gasteiger partial charge in [0.15, 0.2) is 0 Å². The number of esters is 1. The average Bonchev–Trinajstić information content (AvgIpc) is 3.03. The van der Waals surface area contributed by atoms with Crippen LogP contribution in [0.2, 0.25) is 0 Å². The Labute approximate surface area is 179 Å². The zero-order valence-electron chi connectivity index (χ0n) is 17.0. The quantitative estimate of drug-likeness (QED) is 0.145. The van der Waals surface area contributed by atoms with E-state index in [9.17, 15) is 35.1 Å². The number of hydrogen-bond donors (Lipinski definition) is 7. The number of nitrogens with two attached hydrogens (primary N) is 2. The van der Waals surface area contributed by atoms with Crippen LogP contribution in [0.1, 0.15) is 24.8 Å². The Morgan fingerprint density at radius 2 is 1.87 bits per heavy atom. The maximum atomic E-state index is 12.4. The molecule has 1 heterocycles. The number of benzene rings is 1. The SMILES string of the molecule is NC(CCC[C@](N)(C(=O)O)C(=O)OCc1ccccc1)C1(CO)O[C@H](CO)[C@@H](O)[C@@H]1O. The average molecular weight is 442 g/mol. The first-order valence-electron chi connectivity index (χ1n) is 9.87. The molecule has 0 aliphatic carbocycles. The van der Waals surface area contributed by atoms with Crippen LogP contribution in [0.5, 0.6) is 0 Å². The molecule has 2 rings (SSSR count). The lowest BCUT2D eigenvalue weighted by molar-refractivity contribution is -0.162. The van der Waals surface area contributed by atoms with E-state index in [0.29, 0.717) is 5.56 Å². The summed E-state index contributed by atoms with van der Waals surface area (Å²) >= 11 is 0. The van der Waals surface area contributed by atoms with Crippen LogP contribution in [0.3, 0.4) is 0 Å². The lowest BCUT2D eigenvalue weighted by atomic mass is 9.84. The van der Waals surface area contributed by atoms with Gasteiger partial charge in [0.1, 0.15) is 30.5 Å². The molecule has 9 N–H and O–H groups in total. The van der Waals surface area contributed by atoms with Gasteiger partial charge >= 0.3 is 11.9 Å². The van der Waals surface area contributed by atoms with Crippen molar-refractivity contribution in [3.05, 3.63) is 35.9 Å². The Morgan fingerprint density at radius 3 is 2.39 bits per heavy atom. The minimum atomic E-state index is -2.32. The largest absolute Gasteiger partial charge is 0.479 e. The number of aliphatic hydroxyl groups excluding tert-OH is 4. The highest BCUT2D eigenvalue weighted by molar-refractivity contribution is 6.03. The molecule has 0 bridgehead atoms. The fourth-order valence-electron chi connectivity index (χ4n) is 3.61. The van der Waals surface area contributed by atoms with Gasteiger partial charge in [-0.2, -0.15) is 0 Å². The van der Waals surface area contributed by atoms with Crippen LogP contribution in [0.4, 0.5) is 0 Å². The lowest BCUT2D eigenvalue weighted by Crippen LogP contribution is -2.59. The second-order valence-corrected chi connectivity index (χ2v) is 7.72. The van der Waals surface area contributed by atoms with E-state index < -0.39 is 60.6 Å². The zero-order chi connectivity index (χ0) is 23.2. The van der Waals surface area contributed by atoms with Crippen molar-refractivity contribution in [2.75, 3.05) is 13.2 Å². The van der Waals surface area contributed by atoms with Crippen molar-refractivity contribution in [3.8, 4) is 0 Å². The third-order valence-corrected chi connectivity index (χ3v) is 5.68. The van der Waals surface area contributed by atoms with Crippen molar-refractivity contribution in [1.82, 2.24) is 0 Å². The lowest BCUT2D eigenvalue weighted by Gasteiger charge is -2.36. The van der Waals surface area contributed by atoms with Gasteiger partial charge in [-0.3, -0.25) is 0 Å². The fraction of sp³-hybridized carbons (Fsp3) is 0.600. The highest BCUT2D eigenvalue weighted by Crippen LogP contribution is 2.35. The molecule has 2 unspecified atom stereocenters. The number of hydrogen-bond acceptors (Lipinski definition) is 10. The Morgan fingerprint density at radius 1 is 1.23 bits per heavy atom. The van der Waals surface area contributed by atoms with Gasteiger partial charge in [-0.1, -0.05) is 30.3 Å². The van der Waals surface area contributed by atoms with Crippen LogP contribution >= 0.6 is 0 Å². The summed E-state index contributed by atoms with van der Waals surface area (Å²) in [6.07, 6.45) is -4.46. The maximum absolute atomic E-state index is 12.4. The van der Waals surface area contributed by atoms with E-state index in [4.69, 9.17) is 20.9 Å². The van der Waals surface area contributed by atoms with Gasteiger partial charge in [0, 0.05) is 6.04 Å². The summed E-state index contributed by atoms with van der Waals surface area (Å²) in [5, 5.41) is 48.7. The van der Waals surface area contributed by atoms with Crippen LogP contribution in [0.25, 0.3) is 0 Å². The molecule has 174 valence electrons. The molecule has 1 aromatic rings. The van der Waals surface area contributed by atoms with E-state index >= 15 is 0 Å². The highest BCUT2D eigenvalue weighted by atomic mass is 16.6. The normalized spacial score (nSPS) is 28.6. The zero-order valence-corrected chi connectivity index (χ0v) is 17.0. The monoisotopic (exact) mass is 442 g/mol. The van der Waals surface area contributed by atoms with Gasteiger partial charge in [0.05, 0.1) is 13.2 Å². The van der Waals surface area contributed by atoms with Gasteiger partial charge < -0.3 is 46.5 Å². The van der Waals surface area contributed by atoms with Crippen LogP contribution in [-0.4, -0.2) is 86.2 Å². The summed E-state index contributed by atoms with van der Waals surface area (Å²) in [5.41, 5.74) is 8.50. The van der Waals surface area contributed by atoms with Gasteiger partial charge in [0.2, 0.25) is 5.54 Å². The van der Waals surface area contributed by atoms with Gasteiger partial charge in [0.25, 0.3) is 0 Å². The molecule has 0 radical (unpaired) electrons. The molecular formula is C20H30N2O9. The predicted octanol–water partition coefficient (Wildman–Crippen LogP) is -2.15. The molecule has 1 saturated heterocycles. The Hall–Kier alpha value is -2.12. The molecule has 0 aromatic heterocycles. The van der Waals surface area contributed by atoms with E-state index in [-0.39, 0.29) is 25.9 Å². The van der Waals surface area contributed by atoms with Crippen molar-refractivity contribution in [1.29, 1.82) is 0 Å². The molecule has 0 amide bonds. The first-order valence-corrected chi connectivity index (χ1v) is 9.87. The van der Waals surface area contributed by atoms with Crippen LogP contribution in [-0.2, 0) is 25.7 Å². The standard InChI is InChI=1S/C20H30N2O9/c21-14(20(11-24)16(26)15(25)13(9-23)31-20)7-4-8-19(22,17(27)28)18(29)30-10-12-5-2-1-3-6-12/h1-3,5-6,13-16,23-26H,4,7-11,21-22H2,(H,27,28)/t13-,14?,15-,16+,19+,20?/m1/s1. The number of carbonyl (C=O) groups excluding carboxylic acids is 1. The number of carboxylic acids is 1. The minimum absolute atomic E-state index is 0.000678. The second kappa shape index (κ2) is 10.5. The maximum Gasteiger partial charge on any atom is 0.338 e. The van der Waals surface area contributed by atoms with Crippen molar-refractivity contribution < 1.29 is 44.6 Å². The van der Waals surface area contributed by atoms with Crippen molar-refractivity contribution in [2.45, 2.75) is 61.4 Å². The molecule has 11 heteroatoms. The van der Waals surface area contributed by atoms with Crippen LogP contribution in [0.15, 0.2) is 30.3 Å². The van der Waals surface area contributed by atoms with E-state index in [0.717, 1.165) is 0 Å². The summed E-state index contributed by atoms with van der Waals surface area (Å²) in [6, 6.07) is 7.64. The third-order valence-electron chi connectivity index (χ3n) is 5.68. The van der Waals surface area contributed by atoms with E-state index in [1.807, 2.05) is 0 Å². The molecular weight excluding hydrogens is 412 g/mol. The summed E-state index contributed by atoms with van der Waals surface area (Å²) in [4.78, 5) is 24.1. The number of ether oxygens (including phenoxy) is 2. The predicted molar refractivity (Wildman–Crippen MR) is 106 cm³/mol. The van der Waals surface area contributed by atoms with E-state index in [1.54, 1.807) is 30.3 Å². The van der Waals surface area contributed by atoms with Crippen LogP contribution in [0, 0.1) is 0 Å². The summed E-state index contributed by atoms with van der Waals surface area (Å²) in [6.45, 7) is -1.47. The molecule has 0 saturated carbocycles. The summed E-state index contributed by atoms with van der Waals surface area (Å²) in [7, 11) is 0. The summed E-state index contributed by atoms with van der Waals surface area (Å²) < 4.78 is 10.5. The van der Waals surface area contributed by atoms with Crippen molar-refractivity contribution >= 4 is 11.9 Å². The topological polar surface area (TPSA) is 206 Å². The highest BCUT2D eigenvalue weighted by Gasteiger charge is 2.56. The molecule has 1 fully saturated rings. The number of carboxylic acid groups (broad SMARTS) is 1. The van der Waals surface area contributed by atoms with E-state index in [1.165, 1.54) is 0 Å². The molecule has 0 spiro atoms. The number of carbonyl (C=O) groups is 2. The van der Waals surface area contributed by atoms with E-state index in [2.05, 4.69) is 0 Å². The van der Waals surface area contributed by atoms with Gasteiger partial charge in [-0.05, 0) is 24.8 Å². The number of rotatable bonds is 11. The molecule has 11 nitrogen and oxygen atoms in total. The fourth-order valence-corrected chi connectivity index (χ4v) is 3.61. The second-order valence-electron chi connectivity index (χ2n) is 7.72. The van der Waals surface area contributed by atoms with Crippen LogP contribution < -0.4 is 11.5 Å². The molecule has 6 atom stereocenters. The number of aliphatic hydroxyl groups is 4. The Balaban J connectivity index is 1.99. The molecule has 1 aliphatic heterocycles. The smallest absolute Gasteiger partial charge is 0.338 e. The minimum Gasteiger partial charge on any atom is -0.479 e. The summed E-state index contributed by atoms with van der Waals surface area (Å²) in [5.74, 6) is -2.67. The van der Waals surface area contributed by atoms with Gasteiger partial charge in [-0.15, -0.1) is 0 Å². The van der Waals surface area contributed by atoms with Crippen molar-refractivity contribution in [2.24, 2.45) is 11.5 Å². The first-order chi connectivity index (χ1) is 14.6. The third kappa shape index (κ3) is 5.21. The van der Waals surface area contributed by atoms with Gasteiger partial charge in [-0.25, -0.2) is 9.59 Å². The molecule has 31 heavy (non-hydrogen) atoms. The Bertz CT molecular complexity index is 749.